The Balaban J connectivity index is 1.87. The normalized spacial score (nSPS) is 17.4. The average Bonchev–Trinajstić information content (AvgIpc) is 2.49. The van der Waals surface area contributed by atoms with Gasteiger partial charge in [-0.1, -0.05) is 6.07 Å². The molecule has 1 aromatic carbocycles. The smallest absolute Gasteiger partial charge is 0.212 e. The summed E-state index contributed by atoms with van der Waals surface area (Å²) in [6, 6.07) is 9.53. The third kappa shape index (κ3) is 2.59. The van der Waals surface area contributed by atoms with Crippen LogP contribution in [0.5, 0.6) is 5.75 Å². The summed E-state index contributed by atoms with van der Waals surface area (Å²) < 4.78 is 18.2. The second-order valence-corrected chi connectivity index (χ2v) is 5.02. The van der Waals surface area contributed by atoms with Crippen LogP contribution in [0.4, 0.5) is 10.1 Å². The Hall–Kier alpha value is -2.10. The maximum Gasteiger partial charge on any atom is 0.212 e. The highest BCUT2D eigenvalue weighted by Gasteiger charge is 2.20. The zero-order chi connectivity index (χ0) is 13.9. The van der Waals surface area contributed by atoms with Crippen LogP contribution in [-0.2, 0) is 6.42 Å². The van der Waals surface area contributed by atoms with E-state index >= 15 is 0 Å². The summed E-state index contributed by atoms with van der Waals surface area (Å²) in [7, 11) is 1.68. The number of ether oxygens (including phenoxy) is 1. The highest BCUT2D eigenvalue weighted by atomic mass is 19.1. The van der Waals surface area contributed by atoms with E-state index in [0.717, 1.165) is 30.7 Å². The lowest BCUT2D eigenvalue weighted by molar-refractivity contribution is 0.413. The summed E-state index contributed by atoms with van der Waals surface area (Å²) in [5.74, 6) is 0.413. The van der Waals surface area contributed by atoms with Crippen LogP contribution in [0.2, 0.25) is 0 Å². The molecule has 0 saturated heterocycles. The minimum absolute atomic E-state index is 0.223. The third-order valence-corrected chi connectivity index (χ3v) is 3.74. The number of hydrogen-bond acceptors (Lipinski definition) is 3. The Labute approximate surface area is 117 Å². The van der Waals surface area contributed by atoms with Gasteiger partial charge in [0.05, 0.1) is 25.0 Å². The standard InChI is InChI=1S/C16H17FN2O/c1-20-13-7-5-11-3-2-4-15(14(11)9-13)19-12-6-8-16(17)18-10-12/h5-10,15,19H,2-4H2,1H3. The number of nitrogens with zero attached hydrogens (tertiary/aromatic N) is 1. The molecule has 2 aromatic rings. The fraction of sp³-hybridized carbons (Fsp3) is 0.312. The molecule has 104 valence electrons. The van der Waals surface area contributed by atoms with Crippen molar-refractivity contribution >= 4 is 5.69 Å². The summed E-state index contributed by atoms with van der Waals surface area (Å²) in [4.78, 5) is 3.68. The predicted molar refractivity (Wildman–Crippen MR) is 76.5 cm³/mol. The molecule has 0 aliphatic heterocycles. The molecule has 3 rings (SSSR count). The Morgan fingerprint density at radius 1 is 1.30 bits per heavy atom. The molecule has 0 saturated carbocycles. The Morgan fingerprint density at radius 3 is 2.95 bits per heavy atom. The van der Waals surface area contributed by atoms with Crippen LogP contribution in [0.1, 0.15) is 30.0 Å². The maximum absolute atomic E-state index is 12.8. The molecular formula is C16H17FN2O. The molecule has 0 bridgehead atoms. The fourth-order valence-electron chi connectivity index (χ4n) is 2.72. The van der Waals surface area contributed by atoms with E-state index in [9.17, 15) is 4.39 Å². The van der Waals surface area contributed by atoms with Crippen LogP contribution in [0.3, 0.4) is 0 Å². The molecule has 0 amide bonds. The first-order chi connectivity index (χ1) is 9.76. The zero-order valence-corrected chi connectivity index (χ0v) is 11.4. The number of aromatic nitrogens is 1. The Morgan fingerprint density at radius 2 is 2.20 bits per heavy atom. The third-order valence-electron chi connectivity index (χ3n) is 3.74. The Bertz CT molecular complexity index is 598. The Kier molecular flexibility index (Phi) is 3.54. The molecule has 1 aromatic heterocycles. The van der Waals surface area contributed by atoms with Gasteiger partial charge in [-0.3, -0.25) is 0 Å². The molecule has 1 N–H and O–H groups in total. The van der Waals surface area contributed by atoms with Crippen molar-refractivity contribution in [3.63, 3.8) is 0 Å². The summed E-state index contributed by atoms with van der Waals surface area (Å²) in [5.41, 5.74) is 3.46. The van der Waals surface area contributed by atoms with E-state index in [1.807, 2.05) is 6.07 Å². The minimum Gasteiger partial charge on any atom is -0.497 e. The van der Waals surface area contributed by atoms with Gasteiger partial charge in [0, 0.05) is 0 Å². The van der Waals surface area contributed by atoms with Gasteiger partial charge in [-0.15, -0.1) is 0 Å². The number of halogens is 1. The molecule has 3 nitrogen and oxygen atoms in total. The topological polar surface area (TPSA) is 34.1 Å². The van der Waals surface area contributed by atoms with Crippen molar-refractivity contribution < 1.29 is 9.13 Å². The van der Waals surface area contributed by atoms with Gasteiger partial charge in [-0.25, -0.2) is 4.98 Å². The number of rotatable bonds is 3. The number of fused-ring (bicyclic) bond motifs is 1. The number of hydrogen-bond donors (Lipinski definition) is 1. The lowest BCUT2D eigenvalue weighted by Gasteiger charge is -2.27. The van der Waals surface area contributed by atoms with Gasteiger partial charge in [0.25, 0.3) is 0 Å². The summed E-state index contributed by atoms with van der Waals surface area (Å²) in [6.45, 7) is 0. The molecular weight excluding hydrogens is 255 g/mol. The molecule has 1 aliphatic carbocycles. The number of nitrogens with one attached hydrogen (secondary N) is 1. The van der Waals surface area contributed by atoms with E-state index < -0.39 is 5.95 Å². The van der Waals surface area contributed by atoms with Gasteiger partial charge in [0.15, 0.2) is 0 Å². The van der Waals surface area contributed by atoms with Crippen molar-refractivity contribution in [2.24, 2.45) is 0 Å². The van der Waals surface area contributed by atoms with E-state index in [4.69, 9.17) is 4.74 Å². The monoisotopic (exact) mass is 272 g/mol. The highest BCUT2D eigenvalue weighted by molar-refractivity contribution is 5.47. The molecule has 1 aliphatic rings. The molecule has 0 radical (unpaired) electrons. The first-order valence-electron chi connectivity index (χ1n) is 6.81. The summed E-state index contributed by atoms with van der Waals surface area (Å²) in [5, 5.41) is 3.43. The first-order valence-corrected chi connectivity index (χ1v) is 6.81. The summed E-state index contributed by atoms with van der Waals surface area (Å²) in [6.07, 6.45) is 4.83. The lowest BCUT2D eigenvalue weighted by Crippen LogP contribution is -2.17. The first kappa shape index (κ1) is 12.9. The van der Waals surface area contributed by atoms with E-state index in [0.29, 0.717) is 0 Å². The SMILES string of the molecule is COc1ccc2c(c1)C(Nc1ccc(F)nc1)CCC2. The number of aryl methyl sites for hydroxylation is 1. The molecule has 20 heavy (non-hydrogen) atoms. The molecule has 4 heteroatoms. The van der Waals surface area contributed by atoms with E-state index in [-0.39, 0.29) is 6.04 Å². The molecule has 0 spiro atoms. The number of anilines is 1. The van der Waals surface area contributed by atoms with E-state index in [1.165, 1.54) is 23.4 Å². The molecule has 1 atom stereocenters. The largest absolute Gasteiger partial charge is 0.497 e. The minimum atomic E-state index is -0.457. The van der Waals surface area contributed by atoms with Crippen LogP contribution in [0.15, 0.2) is 36.5 Å². The maximum atomic E-state index is 12.8. The van der Waals surface area contributed by atoms with Crippen LogP contribution >= 0.6 is 0 Å². The quantitative estimate of drug-likeness (QED) is 0.865. The van der Waals surface area contributed by atoms with Crippen molar-refractivity contribution in [1.82, 2.24) is 4.98 Å². The van der Waals surface area contributed by atoms with Crippen molar-refractivity contribution in [2.75, 3.05) is 12.4 Å². The second kappa shape index (κ2) is 5.49. The van der Waals surface area contributed by atoms with E-state index in [2.05, 4.69) is 22.4 Å². The molecule has 1 heterocycles. The van der Waals surface area contributed by atoms with Crippen molar-refractivity contribution in [3.8, 4) is 5.75 Å². The van der Waals surface area contributed by atoms with Crippen molar-refractivity contribution in [1.29, 1.82) is 0 Å². The highest BCUT2D eigenvalue weighted by Crippen LogP contribution is 2.34. The summed E-state index contributed by atoms with van der Waals surface area (Å²) >= 11 is 0. The zero-order valence-electron chi connectivity index (χ0n) is 11.4. The van der Waals surface area contributed by atoms with Gasteiger partial charge in [0.2, 0.25) is 5.95 Å². The van der Waals surface area contributed by atoms with Gasteiger partial charge >= 0.3 is 0 Å². The molecule has 0 fully saturated rings. The van der Waals surface area contributed by atoms with Crippen LogP contribution < -0.4 is 10.1 Å². The van der Waals surface area contributed by atoms with Crippen LogP contribution in [-0.4, -0.2) is 12.1 Å². The van der Waals surface area contributed by atoms with Crippen molar-refractivity contribution in [3.05, 3.63) is 53.6 Å². The van der Waals surface area contributed by atoms with E-state index in [1.54, 1.807) is 13.2 Å². The second-order valence-electron chi connectivity index (χ2n) is 5.02. The van der Waals surface area contributed by atoms with Gasteiger partial charge in [0.1, 0.15) is 5.75 Å². The van der Waals surface area contributed by atoms with Gasteiger partial charge < -0.3 is 10.1 Å². The van der Waals surface area contributed by atoms with Crippen LogP contribution in [0.25, 0.3) is 0 Å². The fourth-order valence-corrected chi connectivity index (χ4v) is 2.72. The van der Waals surface area contributed by atoms with Gasteiger partial charge in [-0.2, -0.15) is 4.39 Å². The predicted octanol–water partition coefficient (Wildman–Crippen LogP) is 3.72. The molecule has 1 unspecified atom stereocenters. The average molecular weight is 272 g/mol. The van der Waals surface area contributed by atoms with Gasteiger partial charge in [-0.05, 0) is 54.7 Å². The lowest BCUT2D eigenvalue weighted by atomic mass is 9.87. The number of pyridine rings is 1. The number of methoxy groups -OCH3 is 1. The van der Waals surface area contributed by atoms with Crippen molar-refractivity contribution in [2.45, 2.75) is 25.3 Å². The van der Waals surface area contributed by atoms with Crippen LogP contribution in [0, 0.1) is 5.95 Å². The number of benzene rings is 1.